The fraction of sp³-hybridized carbons (Fsp3) is 0.250. The predicted octanol–water partition coefficient (Wildman–Crippen LogP) is 3.18. The van der Waals surface area contributed by atoms with Gasteiger partial charge in [-0.1, -0.05) is 17.7 Å². The molecule has 1 aromatic carbocycles. The Balaban J connectivity index is 2.19. The van der Waals surface area contributed by atoms with Crippen LogP contribution < -0.4 is 10.4 Å². The third-order valence-corrected chi connectivity index (χ3v) is 4.34. The van der Waals surface area contributed by atoms with Gasteiger partial charge in [-0.15, -0.1) is 0 Å². The molecule has 0 aliphatic carbocycles. The Labute approximate surface area is 151 Å². The van der Waals surface area contributed by atoms with Crippen molar-refractivity contribution in [3.8, 4) is 5.88 Å². The molecule has 1 aliphatic heterocycles. The van der Waals surface area contributed by atoms with Gasteiger partial charge in [0, 0.05) is 25.4 Å². The summed E-state index contributed by atoms with van der Waals surface area (Å²) in [4.78, 5) is 12.8. The molecule has 1 aromatic heterocycles. The first-order chi connectivity index (χ1) is 12.1. The Kier molecular flexibility index (Phi) is 4.45. The van der Waals surface area contributed by atoms with Crippen LogP contribution in [0, 0.1) is 6.92 Å². The fourth-order valence-corrected chi connectivity index (χ4v) is 3.11. The van der Waals surface area contributed by atoms with Gasteiger partial charge >= 0.3 is 6.18 Å². The van der Waals surface area contributed by atoms with Crippen LogP contribution in [0.3, 0.4) is 0 Å². The lowest BCUT2D eigenvalue weighted by Gasteiger charge is -2.24. The zero-order valence-electron chi connectivity index (χ0n) is 13.7. The number of nitrogens with one attached hydrogen (secondary N) is 1. The van der Waals surface area contributed by atoms with Gasteiger partial charge in [0.25, 0.3) is 0 Å². The smallest absolute Gasteiger partial charge is 0.418 e. The van der Waals surface area contributed by atoms with Gasteiger partial charge in [0.1, 0.15) is 5.56 Å². The molecule has 0 spiro atoms. The molecule has 2 heterocycles. The van der Waals surface area contributed by atoms with E-state index in [9.17, 15) is 23.1 Å². The molecule has 0 unspecified atom stereocenters. The average molecular weight is 387 g/mol. The van der Waals surface area contributed by atoms with Crippen LogP contribution in [0.1, 0.15) is 27.2 Å². The number of rotatable bonds is 3. The highest BCUT2D eigenvalue weighted by molar-refractivity contribution is 6.38. The Bertz CT molecular complexity index is 921. The van der Waals surface area contributed by atoms with E-state index in [1.165, 1.54) is 20.2 Å². The number of carbonyl (C=O) groups is 1. The molecule has 26 heavy (non-hydrogen) atoms. The second-order valence-electron chi connectivity index (χ2n) is 5.67. The van der Waals surface area contributed by atoms with Crippen molar-refractivity contribution in [2.75, 3.05) is 11.6 Å². The topological polar surface area (TPSA) is 70.4 Å². The first kappa shape index (κ1) is 18.3. The summed E-state index contributed by atoms with van der Waals surface area (Å²) in [6, 6.07) is 1.80. The van der Waals surface area contributed by atoms with Crippen LogP contribution in [-0.4, -0.2) is 27.2 Å². The lowest BCUT2D eigenvalue weighted by molar-refractivity contribution is -0.137. The molecule has 3 rings (SSSR count). The molecular formula is C16H14ClF3N4O2. The molecule has 138 valence electrons. The number of aromatic hydroxyl groups is 1. The number of halogens is 4. The summed E-state index contributed by atoms with van der Waals surface area (Å²) in [7, 11) is 1.44. The van der Waals surface area contributed by atoms with Crippen molar-refractivity contribution >= 4 is 23.1 Å². The average Bonchev–Trinajstić information content (AvgIpc) is 3.14. The summed E-state index contributed by atoms with van der Waals surface area (Å²) >= 11 is 6.21. The maximum absolute atomic E-state index is 13.4. The van der Waals surface area contributed by atoms with Gasteiger partial charge in [0.15, 0.2) is 0 Å². The predicted molar refractivity (Wildman–Crippen MR) is 89.1 cm³/mol. The minimum Gasteiger partial charge on any atom is -0.493 e. The number of hydrogen-bond acceptors (Lipinski definition) is 5. The Hall–Kier alpha value is -2.52. The summed E-state index contributed by atoms with van der Waals surface area (Å²) in [6.07, 6.45) is -1.65. The Morgan fingerprint density at radius 2 is 2.08 bits per heavy atom. The van der Waals surface area contributed by atoms with Gasteiger partial charge in [0.2, 0.25) is 11.7 Å². The fourth-order valence-electron chi connectivity index (χ4n) is 2.77. The number of ketones is 1. The van der Waals surface area contributed by atoms with Gasteiger partial charge in [-0.3, -0.25) is 9.80 Å². The zero-order valence-corrected chi connectivity index (χ0v) is 14.5. The van der Waals surface area contributed by atoms with E-state index in [0.29, 0.717) is 6.54 Å². The number of hydrogen-bond donors (Lipinski definition) is 2. The molecule has 10 heteroatoms. The van der Waals surface area contributed by atoms with E-state index >= 15 is 0 Å². The lowest BCUT2D eigenvalue weighted by Crippen LogP contribution is -2.31. The number of nitrogens with zero attached hydrogens (tertiary/aromatic N) is 3. The number of hydrazine groups is 1. The van der Waals surface area contributed by atoms with Crippen molar-refractivity contribution in [1.82, 2.24) is 15.2 Å². The lowest BCUT2D eigenvalue weighted by atomic mass is 10.00. The Morgan fingerprint density at radius 3 is 2.58 bits per heavy atom. The van der Waals surface area contributed by atoms with E-state index in [0.717, 1.165) is 21.8 Å². The summed E-state index contributed by atoms with van der Waals surface area (Å²) in [5, 5.41) is 14.7. The van der Waals surface area contributed by atoms with E-state index in [1.807, 2.05) is 0 Å². The number of aryl methyl sites for hydroxylation is 2. The molecule has 2 N–H and O–H groups in total. The zero-order chi connectivity index (χ0) is 19.2. The second kappa shape index (κ2) is 6.33. The number of anilines is 1. The third kappa shape index (κ3) is 2.93. The van der Waals surface area contributed by atoms with Crippen LogP contribution in [0.4, 0.5) is 18.9 Å². The summed E-state index contributed by atoms with van der Waals surface area (Å²) in [5.74, 6) is -1.10. The number of carbonyl (C=O) groups excluding carboxylic acids is 1. The van der Waals surface area contributed by atoms with Crippen molar-refractivity contribution in [3.63, 3.8) is 0 Å². The normalized spacial score (nSPS) is 14.3. The van der Waals surface area contributed by atoms with Crippen molar-refractivity contribution in [2.24, 2.45) is 7.05 Å². The molecule has 2 aromatic rings. The maximum atomic E-state index is 13.4. The molecule has 0 fully saturated rings. The highest BCUT2D eigenvalue weighted by Crippen LogP contribution is 2.43. The number of alkyl halides is 3. The summed E-state index contributed by atoms with van der Waals surface area (Å²) in [6.45, 7) is 1.84. The number of aromatic nitrogens is 2. The first-order valence-corrected chi connectivity index (χ1v) is 7.87. The van der Waals surface area contributed by atoms with Crippen LogP contribution in [0.25, 0.3) is 0 Å². The van der Waals surface area contributed by atoms with Gasteiger partial charge in [-0.25, -0.2) is 10.1 Å². The highest BCUT2D eigenvalue weighted by Gasteiger charge is 2.38. The van der Waals surface area contributed by atoms with Crippen molar-refractivity contribution in [1.29, 1.82) is 0 Å². The monoisotopic (exact) mass is 386 g/mol. The number of benzene rings is 1. The van der Waals surface area contributed by atoms with Gasteiger partial charge < -0.3 is 5.11 Å². The summed E-state index contributed by atoms with van der Waals surface area (Å²) in [5.41, 5.74) is 1.34. The van der Waals surface area contributed by atoms with E-state index in [4.69, 9.17) is 11.6 Å². The van der Waals surface area contributed by atoms with E-state index in [-0.39, 0.29) is 33.4 Å². The quantitative estimate of drug-likeness (QED) is 0.793. The summed E-state index contributed by atoms with van der Waals surface area (Å²) < 4.78 is 41.3. The van der Waals surface area contributed by atoms with E-state index < -0.39 is 17.5 Å². The molecule has 1 aliphatic rings. The molecule has 0 atom stereocenters. The van der Waals surface area contributed by atoms with Gasteiger partial charge in [-0.05, 0) is 19.1 Å². The molecule has 0 saturated carbocycles. The van der Waals surface area contributed by atoms with Crippen LogP contribution in [0.5, 0.6) is 5.88 Å². The van der Waals surface area contributed by atoms with Gasteiger partial charge in [-0.2, -0.15) is 18.3 Å². The molecule has 0 saturated heterocycles. The highest BCUT2D eigenvalue weighted by atomic mass is 35.5. The van der Waals surface area contributed by atoms with Crippen LogP contribution in [0.2, 0.25) is 5.02 Å². The first-order valence-electron chi connectivity index (χ1n) is 7.49. The largest absolute Gasteiger partial charge is 0.493 e. The van der Waals surface area contributed by atoms with Crippen LogP contribution >= 0.6 is 11.6 Å². The minimum atomic E-state index is -4.66. The van der Waals surface area contributed by atoms with Crippen molar-refractivity contribution in [2.45, 2.75) is 13.1 Å². The van der Waals surface area contributed by atoms with E-state index in [1.54, 1.807) is 6.08 Å². The second-order valence-corrected chi connectivity index (χ2v) is 6.05. The Morgan fingerprint density at radius 1 is 1.38 bits per heavy atom. The van der Waals surface area contributed by atoms with Crippen molar-refractivity contribution in [3.05, 3.63) is 51.8 Å². The maximum Gasteiger partial charge on any atom is 0.418 e. The molecule has 0 bridgehead atoms. The molecular weight excluding hydrogens is 373 g/mol. The SMILES string of the molecule is Cc1nn(C)c(O)c1C(=O)c1ccc(C(F)(F)F)c(N2C=CCN2)c1Cl. The molecule has 0 amide bonds. The third-order valence-electron chi connectivity index (χ3n) is 3.96. The van der Waals surface area contributed by atoms with Crippen molar-refractivity contribution < 1.29 is 23.1 Å². The van der Waals surface area contributed by atoms with E-state index in [2.05, 4.69) is 10.5 Å². The molecule has 0 radical (unpaired) electrons. The minimum absolute atomic E-state index is 0.106. The van der Waals surface area contributed by atoms with Gasteiger partial charge in [0.05, 0.1) is 22.0 Å². The van der Waals surface area contributed by atoms with Crippen LogP contribution in [-0.2, 0) is 13.2 Å². The molecule has 6 nitrogen and oxygen atoms in total. The van der Waals surface area contributed by atoms with Crippen LogP contribution in [0.15, 0.2) is 24.4 Å². The standard InChI is InChI=1S/C16H14ClF3N4O2/c1-8-11(15(26)23(2)22-8)14(25)9-4-5-10(16(18,19)20)13(12(9)17)24-7-3-6-21-24/h3-5,7,21,26H,6H2,1-2H3.